The molecule has 1 heterocycles. The number of nitrogens with two attached hydrogens (primary N) is 1. The van der Waals surface area contributed by atoms with Crippen LogP contribution < -0.4 is 5.73 Å². The lowest BCUT2D eigenvalue weighted by Crippen LogP contribution is -2.07. The molecule has 2 aromatic rings. The van der Waals surface area contributed by atoms with E-state index < -0.39 is 0 Å². The molecular weight excluding hydrogens is 253 g/mol. The van der Waals surface area contributed by atoms with E-state index in [2.05, 4.69) is 6.07 Å². The summed E-state index contributed by atoms with van der Waals surface area (Å²) in [5, 5.41) is 9.13. The summed E-state index contributed by atoms with van der Waals surface area (Å²) in [6.45, 7) is 7.88. The molecule has 0 saturated carbocycles. The molecule has 0 unspecified atom stereocenters. The van der Waals surface area contributed by atoms with Gasteiger partial charge in [-0.15, -0.1) is 0 Å². The lowest BCUT2D eigenvalue weighted by Gasteiger charge is -2.11. The third-order valence-electron chi connectivity index (χ3n) is 3.82. The van der Waals surface area contributed by atoms with Gasteiger partial charge in [-0.25, -0.2) is 4.39 Å². The van der Waals surface area contributed by atoms with Crippen molar-refractivity contribution in [2.45, 2.75) is 34.2 Å². The second-order valence-corrected chi connectivity index (χ2v) is 5.21. The molecule has 2 rings (SSSR count). The fraction of sp³-hybridized carbons (Fsp3) is 0.312. The van der Waals surface area contributed by atoms with Crippen molar-refractivity contribution in [2.75, 3.05) is 5.73 Å². The number of rotatable bonds is 2. The van der Waals surface area contributed by atoms with E-state index >= 15 is 0 Å². The standard InChI is InChI=1S/C16H18FN3/c1-9-5-13(6-10(2)15(9)17)8-20-12(4)11(3)14(7-18)16(20)19/h5-6H,8,19H2,1-4H3. The number of nitriles is 1. The molecule has 20 heavy (non-hydrogen) atoms. The second-order valence-electron chi connectivity index (χ2n) is 5.21. The predicted octanol–water partition coefficient (Wildman–Crippen LogP) is 3.36. The molecule has 0 aliphatic heterocycles. The van der Waals surface area contributed by atoms with E-state index in [4.69, 9.17) is 11.0 Å². The number of aryl methyl sites for hydroxylation is 2. The first-order chi connectivity index (χ1) is 9.36. The lowest BCUT2D eigenvalue weighted by molar-refractivity contribution is 0.607. The Labute approximate surface area is 118 Å². The van der Waals surface area contributed by atoms with Crippen LogP contribution in [0.3, 0.4) is 0 Å². The maximum atomic E-state index is 13.7. The molecule has 0 aliphatic rings. The van der Waals surface area contributed by atoms with Crippen molar-refractivity contribution < 1.29 is 4.39 Å². The van der Waals surface area contributed by atoms with E-state index in [0.717, 1.165) is 16.8 Å². The number of nitrogens with zero attached hydrogens (tertiary/aromatic N) is 2. The molecule has 0 amide bonds. The Balaban J connectivity index is 2.49. The minimum absolute atomic E-state index is 0.167. The number of nitrogen functional groups attached to an aromatic ring is 1. The zero-order valence-electron chi connectivity index (χ0n) is 12.2. The Kier molecular flexibility index (Phi) is 3.54. The summed E-state index contributed by atoms with van der Waals surface area (Å²) in [5.74, 6) is 0.307. The van der Waals surface area contributed by atoms with Crippen molar-refractivity contribution in [2.24, 2.45) is 0 Å². The molecule has 0 saturated heterocycles. The van der Waals surface area contributed by atoms with E-state index in [9.17, 15) is 4.39 Å². The minimum atomic E-state index is -0.167. The summed E-state index contributed by atoms with van der Waals surface area (Å²) in [6, 6.07) is 5.78. The Bertz CT molecular complexity index is 697. The molecule has 2 N–H and O–H groups in total. The highest BCUT2D eigenvalue weighted by Crippen LogP contribution is 2.25. The van der Waals surface area contributed by atoms with Gasteiger partial charge in [-0.3, -0.25) is 0 Å². The maximum Gasteiger partial charge on any atom is 0.129 e. The van der Waals surface area contributed by atoms with Crippen molar-refractivity contribution in [3.63, 3.8) is 0 Å². The summed E-state index contributed by atoms with van der Waals surface area (Å²) in [7, 11) is 0. The number of hydrogen-bond acceptors (Lipinski definition) is 2. The van der Waals surface area contributed by atoms with Crippen LogP contribution in [0.25, 0.3) is 0 Å². The highest BCUT2D eigenvalue weighted by molar-refractivity contribution is 5.58. The van der Waals surface area contributed by atoms with Gasteiger partial charge in [-0.05, 0) is 49.9 Å². The Morgan fingerprint density at radius 3 is 2.20 bits per heavy atom. The van der Waals surface area contributed by atoms with Crippen LogP contribution >= 0.6 is 0 Å². The fourth-order valence-corrected chi connectivity index (χ4v) is 2.55. The highest BCUT2D eigenvalue weighted by Gasteiger charge is 2.15. The second kappa shape index (κ2) is 5.01. The molecule has 0 fully saturated rings. The molecule has 4 heteroatoms. The summed E-state index contributed by atoms with van der Waals surface area (Å²) >= 11 is 0. The van der Waals surface area contributed by atoms with Gasteiger partial charge in [0.1, 0.15) is 17.7 Å². The number of anilines is 1. The number of halogens is 1. The average Bonchev–Trinajstić information content (AvgIpc) is 2.60. The smallest absolute Gasteiger partial charge is 0.129 e. The molecule has 104 valence electrons. The first-order valence-corrected chi connectivity index (χ1v) is 6.47. The van der Waals surface area contributed by atoms with E-state index in [1.165, 1.54) is 0 Å². The Hall–Kier alpha value is -2.28. The van der Waals surface area contributed by atoms with E-state index in [1.54, 1.807) is 13.8 Å². The van der Waals surface area contributed by atoms with Crippen LogP contribution in [0.5, 0.6) is 0 Å². The Morgan fingerprint density at radius 2 is 1.75 bits per heavy atom. The van der Waals surface area contributed by atoms with Gasteiger partial charge >= 0.3 is 0 Å². The fourth-order valence-electron chi connectivity index (χ4n) is 2.55. The summed E-state index contributed by atoms with van der Waals surface area (Å²) in [4.78, 5) is 0. The van der Waals surface area contributed by atoms with E-state index in [1.807, 2.05) is 30.5 Å². The van der Waals surface area contributed by atoms with Crippen LogP contribution in [0.15, 0.2) is 12.1 Å². The van der Waals surface area contributed by atoms with Crippen LogP contribution in [0.2, 0.25) is 0 Å². The van der Waals surface area contributed by atoms with Crippen LogP contribution in [0.1, 0.15) is 33.5 Å². The van der Waals surface area contributed by atoms with Crippen molar-refractivity contribution >= 4 is 5.82 Å². The van der Waals surface area contributed by atoms with E-state index in [0.29, 0.717) is 29.1 Å². The molecule has 3 nitrogen and oxygen atoms in total. The highest BCUT2D eigenvalue weighted by atomic mass is 19.1. The first-order valence-electron chi connectivity index (χ1n) is 6.47. The van der Waals surface area contributed by atoms with E-state index in [-0.39, 0.29) is 5.82 Å². The van der Waals surface area contributed by atoms with Gasteiger partial charge in [0, 0.05) is 12.2 Å². The molecule has 0 aliphatic carbocycles. The summed E-state index contributed by atoms with van der Waals surface area (Å²) in [5.41, 5.74) is 10.7. The van der Waals surface area contributed by atoms with Gasteiger partial charge in [-0.1, -0.05) is 12.1 Å². The SMILES string of the molecule is Cc1cc(Cn2c(C)c(C)c(C#N)c2N)cc(C)c1F. The Morgan fingerprint density at radius 1 is 1.20 bits per heavy atom. The molecule has 0 spiro atoms. The van der Waals surface area contributed by atoms with Crippen molar-refractivity contribution in [1.82, 2.24) is 4.57 Å². The maximum absolute atomic E-state index is 13.7. The molecule has 0 bridgehead atoms. The zero-order valence-corrected chi connectivity index (χ0v) is 12.2. The quantitative estimate of drug-likeness (QED) is 0.910. The van der Waals surface area contributed by atoms with Gasteiger partial charge in [0.15, 0.2) is 0 Å². The summed E-state index contributed by atoms with van der Waals surface area (Å²) in [6.07, 6.45) is 0. The average molecular weight is 271 g/mol. The summed E-state index contributed by atoms with van der Waals surface area (Å²) < 4.78 is 15.6. The number of hydrogen-bond donors (Lipinski definition) is 1. The monoisotopic (exact) mass is 271 g/mol. The van der Waals surface area contributed by atoms with Crippen LogP contribution in [-0.4, -0.2) is 4.57 Å². The zero-order chi connectivity index (χ0) is 15.0. The minimum Gasteiger partial charge on any atom is -0.384 e. The van der Waals surface area contributed by atoms with Gasteiger partial charge in [-0.2, -0.15) is 5.26 Å². The number of benzene rings is 1. The largest absolute Gasteiger partial charge is 0.384 e. The third kappa shape index (κ3) is 2.16. The van der Waals surface area contributed by atoms with Crippen molar-refractivity contribution in [3.05, 3.63) is 51.5 Å². The lowest BCUT2D eigenvalue weighted by atomic mass is 10.1. The molecular formula is C16H18FN3. The van der Waals surface area contributed by atoms with Crippen molar-refractivity contribution in [1.29, 1.82) is 5.26 Å². The van der Waals surface area contributed by atoms with Crippen LogP contribution in [0, 0.1) is 44.8 Å². The van der Waals surface area contributed by atoms with Gasteiger partial charge in [0.25, 0.3) is 0 Å². The van der Waals surface area contributed by atoms with Crippen molar-refractivity contribution in [3.8, 4) is 6.07 Å². The molecule has 0 atom stereocenters. The van der Waals surface area contributed by atoms with Crippen LogP contribution in [0.4, 0.5) is 10.2 Å². The topological polar surface area (TPSA) is 54.7 Å². The van der Waals surface area contributed by atoms with Gasteiger partial charge in [0.2, 0.25) is 0 Å². The van der Waals surface area contributed by atoms with Gasteiger partial charge in [0.05, 0.1) is 5.56 Å². The van der Waals surface area contributed by atoms with Crippen LogP contribution in [-0.2, 0) is 6.54 Å². The molecule has 1 aromatic heterocycles. The van der Waals surface area contributed by atoms with Gasteiger partial charge < -0.3 is 10.3 Å². The number of aromatic nitrogens is 1. The predicted molar refractivity (Wildman–Crippen MR) is 78.0 cm³/mol. The normalized spacial score (nSPS) is 10.6. The molecule has 0 radical (unpaired) electrons. The third-order valence-corrected chi connectivity index (χ3v) is 3.82. The first kappa shape index (κ1) is 14.1. The molecule has 1 aromatic carbocycles.